The summed E-state index contributed by atoms with van der Waals surface area (Å²) in [4.78, 5) is 71.3. The van der Waals surface area contributed by atoms with E-state index < -0.39 is 59.4 Å². The molecule has 2 aromatic rings. The van der Waals surface area contributed by atoms with Crippen molar-refractivity contribution in [3.63, 3.8) is 0 Å². The Kier molecular flexibility index (Phi) is 9.72. The van der Waals surface area contributed by atoms with Crippen LogP contribution in [0.1, 0.15) is 50.0 Å². The van der Waals surface area contributed by atoms with E-state index in [9.17, 15) is 29.1 Å². The zero-order valence-corrected chi connectivity index (χ0v) is 22.1. The largest absolute Gasteiger partial charge is 0.454 e. The lowest BCUT2D eigenvalue weighted by Gasteiger charge is -2.32. The normalized spacial score (nSPS) is 25.8. The summed E-state index contributed by atoms with van der Waals surface area (Å²) in [6.07, 6.45) is 3.38. The third-order valence-corrected chi connectivity index (χ3v) is 6.51. The number of H-pyrrole nitrogens is 1. The SMILES string of the molecule is CC/C(C)=C1\OC(=O)[C@H](C)[C@H](O)[C@H](Cc2cccnc2)NC(=O)[C@@H](NC(=O)c2c[nH]ccc2=O)[C@@H](C)OC1=O. The van der Waals surface area contributed by atoms with Gasteiger partial charge in [-0.3, -0.25) is 24.2 Å². The highest BCUT2D eigenvalue weighted by Crippen LogP contribution is 2.21. The fourth-order valence-electron chi connectivity index (χ4n) is 3.95. The number of nitrogens with one attached hydrogen (secondary N) is 3. The molecule has 1 aliphatic rings. The topological polar surface area (TPSA) is 177 Å². The summed E-state index contributed by atoms with van der Waals surface area (Å²) in [5.41, 5.74) is 0.227. The predicted molar refractivity (Wildman–Crippen MR) is 138 cm³/mol. The lowest BCUT2D eigenvalue weighted by atomic mass is 9.92. The van der Waals surface area contributed by atoms with Gasteiger partial charge in [0.1, 0.15) is 17.7 Å². The van der Waals surface area contributed by atoms with Crippen LogP contribution in [0.15, 0.2) is 59.1 Å². The highest BCUT2D eigenvalue weighted by atomic mass is 16.6. The number of carbonyl (C=O) groups is 4. The van der Waals surface area contributed by atoms with Gasteiger partial charge in [-0.2, -0.15) is 0 Å². The molecular formula is C27H32N4O8. The first-order chi connectivity index (χ1) is 18.5. The smallest absolute Gasteiger partial charge is 0.374 e. The van der Waals surface area contributed by atoms with Gasteiger partial charge in [-0.1, -0.05) is 13.0 Å². The first-order valence-electron chi connectivity index (χ1n) is 12.5. The zero-order chi connectivity index (χ0) is 28.7. The number of cyclic esters (lactones) is 2. The van der Waals surface area contributed by atoms with Crippen LogP contribution in [0.4, 0.5) is 0 Å². The van der Waals surface area contributed by atoms with Crippen molar-refractivity contribution in [2.24, 2.45) is 5.92 Å². The average Bonchev–Trinajstić information content (AvgIpc) is 2.92. The molecule has 4 N–H and O–H groups in total. The summed E-state index contributed by atoms with van der Waals surface area (Å²) in [6, 6.07) is 2.08. The molecule has 0 spiro atoms. The number of rotatable bonds is 5. The molecule has 12 heteroatoms. The third kappa shape index (κ3) is 7.17. The molecule has 0 bridgehead atoms. The first kappa shape index (κ1) is 29.2. The van der Waals surface area contributed by atoms with Crippen LogP contribution in [0.2, 0.25) is 0 Å². The molecule has 39 heavy (non-hydrogen) atoms. The molecule has 2 aromatic heterocycles. The minimum Gasteiger partial charge on any atom is -0.454 e. The minimum atomic E-state index is -1.47. The Balaban J connectivity index is 2.04. The molecular weight excluding hydrogens is 508 g/mol. The van der Waals surface area contributed by atoms with Crippen molar-refractivity contribution in [1.29, 1.82) is 0 Å². The van der Waals surface area contributed by atoms with Crippen LogP contribution >= 0.6 is 0 Å². The highest BCUT2D eigenvalue weighted by molar-refractivity contribution is 5.98. The van der Waals surface area contributed by atoms with E-state index in [1.54, 1.807) is 38.4 Å². The van der Waals surface area contributed by atoms with Gasteiger partial charge in [0.05, 0.1) is 18.1 Å². The zero-order valence-electron chi connectivity index (χ0n) is 22.1. The van der Waals surface area contributed by atoms with E-state index in [4.69, 9.17) is 9.47 Å². The monoisotopic (exact) mass is 540 g/mol. The Labute approximate surface area is 224 Å². The number of nitrogens with zero attached hydrogens (tertiary/aromatic N) is 1. The average molecular weight is 541 g/mol. The first-order valence-corrected chi connectivity index (χ1v) is 12.5. The van der Waals surface area contributed by atoms with Crippen LogP contribution in [0, 0.1) is 5.92 Å². The third-order valence-electron chi connectivity index (χ3n) is 6.51. The van der Waals surface area contributed by atoms with E-state index in [1.807, 2.05) is 0 Å². The van der Waals surface area contributed by atoms with Crippen molar-refractivity contribution in [1.82, 2.24) is 20.6 Å². The van der Waals surface area contributed by atoms with E-state index in [-0.39, 0.29) is 17.7 Å². The molecule has 208 valence electrons. The minimum absolute atomic E-state index is 0.0856. The van der Waals surface area contributed by atoms with Gasteiger partial charge in [0, 0.05) is 30.9 Å². The van der Waals surface area contributed by atoms with E-state index in [1.165, 1.54) is 26.2 Å². The number of pyridine rings is 2. The van der Waals surface area contributed by atoms with Crippen LogP contribution < -0.4 is 16.1 Å². The molecule has 1 fully saturated rings. The van der Waals surface area contributed by atoms with Gasteiger partial charge in [0.25, 0.3) is 5.91 Å². The van der Waals surface area contributed by atoms with E-state index in [0.717, 1.165) is 6.07 Å². The summed E-state index contributed by atoms with van der Waals surface area (Å²) in [5, 5.41) is 16.3. The quantitative estimate of drug-likeness (QED) is 0.315. The van der Waals surface area contributed by atoms with Crippen LogP contribution in [0.25, 0.3) is 0 Å². The van der Waals surface area contributed by atoms with Gasteiger partial charge in [-0.25, -0.2) is 4.79 Å². The molecule has 3 heterocycles. The van der Waals surface area contributed by atoms with Gasteiger partial charge >= 0.3 is 11.9 Å². The number of allylic oxidation sites excluding steroid dienone is 1. The molecule has 1 saturated heterocycles. The second-order valence-electron chi connectivity index (χ2n) is 9.33. The Morgan fingerprint density at radius 1 is 1.18 bits per heavy atom. The maximum atomic E-state index is 13.5. The maximum absolute atomic E-state index is 13.5. The summed E-state index contributed by atoms with van der Waals surface area (Å²) >= 11 is 0. The van der Waals surface area contributed by atoms with Crippen molar-refractivity contribution in [2.45, 2.75) is 64.8 Å². The maximum Gasteiger partial charge on any atom is 0.374 e. The summed E-state index contributed by atoms with van der Waals surface area (Å²) in [7, 11) is 0. The van der Waals surface area contributed by atoms with Crippen molar-refractivity contribution in [3.05, 3.63) is 75.7 Å². The lowest BCUT2D eigenvalue weighted by Crippen LogP contribution is -2.59. The highest BCUT2D eigenvalue weighted by Gasteiger charge is 2.39. The standard InChI is InChI=1S/C27H32N4O8/c1-5-14(2)23-27(37)38-16(4)21(31-24(34)18-13-29-10-8-20(18)32)25(35)30-19(11-17-7-6-9-28-12-17)22(33)15(3)26(36)39-23/h6-10,12-13,15-16,19,21-22,33H,5,11H2,1-4H3,(H,29,32)(H,30,35)(H,31,34)/b23-14-/t15-,16-,19+,21+,22+/m1/s1. The molecule has 3 rings (SSSR count). The molecule has 5 atom stereocenters. The number of aromatic amines is 1. The van der Waals surface area contributed by atoms with Crippen molar-refractivity contribution >= 4 is 23.8 Å². The number of esters is 2. The van der Waals surface area contributed by atoms with Gasteiger partial charge in [0.2, 0.25) is 11.7 Å². The molecule has 0 aliphatic carbocycles. The van der Waals surface area contributed by atoms with Crippen LogP contribution in [0.5, 0.6) is 0 Å². The summed E-state index contributed by atoms with van der Waals surface area (Å²) in [5.74, 6) is -5.10. The van der Waals surface area contributed by atoms with E-state index >= 15 is 0 Å². The lowest BCUT2D eigenvalue weighted by molar-refractivity contribution is -0.161. The second-order valence-corrected chi connectivity index (χ2v) is 9.33. The molecule has 0 aromatic carbocycles. The van der Waals surface area contributed by atoms with Gasteiger partial charge in [-0.05, 0) is 50.8 Å². The van der Waals surface area contributed by atoms with Crippen molar-refractivity contribution < 1.29 is 33.8 Å². The van der Waals surface area contributed by atoms with E-state index in [0.29, 0.717) is 17.6 Å². The number of aliphatic hydroxyl groups is 1. The van der Waals surface area contributed by atoms with E-state index in [2.05, 4.69) is 20.6 Å². The van der Waals surface area contributed by atoms with Crippen LogP contribution in [-0.4, -0.2) is 63.1 Å². The number of aromatic nitrogens is 2. The molecule has 12 nitrogen and oxygen atoms in total. The number of aliphatic hydroxyl groups excluding tert-OH is 1. The Morgan fingerprint density at radius 3 is 2.56 bits per heavy atom. The van der Waals surface area contributed by atoms with Crippen molar-refractivity contribution in [2.75, 3.05) is 0 Å². The Bertz CT molecular complexity index is 1310. The fourth-order valence-corrected chi connectivity index (χ4v) is 3.95. The number of amides is 2. The number of ether oxygens (including phenoxy) is 2. The molecule has 0 radical (unpaired) electrons. The number of hydrogen-bond acceptors (Lipinski definition) is 9. The number of hydrogen-bond donors (Lipinski definition) is 4. The Morgan fingerprint density at radius 2 is 1.92 bits per heavy atom. The predicted octanol–water partition coefficient (Wildman–Crippen LogP) is 0.765. The number of carbonyl (C=O) groups excluding carboxylic acids is 4. The van der Waals surface area contributed by atoms with Gasteiger partial charge in [-0.15, -0.1) is 0 Å². The molecule has 0 saturated carbocycles. The van der Waals surface area contributed by atoms with Crippen LogP contribution in [0.3, 0.4) is 0 Å². The van der Waals surface area contributed by atoms with Gasteiger partial charge in [0.15, 0.2) is 5.43 Å². The summed E-state index contributed by atoms with van der Waals surface area (Å²) in [6.45, 7) is 6.12. The van der Waals surface area contributed by atoms with Gasteiger partial charge < -0.3 is 30.2 Å². The van der Waals surface area contributed by atoms with Crippen molar-refractivity contribution in [3.8, 4) is 0 Å². The Hall–Kier alpha value is -4.32. The molecule has 2 amide bonds. The van der Waals surface area contributed by atoms with Crippen LogP contribution in [-0.2, 0) is 30.3 Å². The fraction of sp³-hybridized carbons (Fsp3) is 0.407. The molecule has 1 aliphatic heterocycles. The second kappa shape index (κ2) is 13.0. The summed E-state index contributed by atoms with van der Waals surface area (Å²) < 4.78 is 10.9. The molecule has 0 unspecified atom stereocenters.